The first-order valence-electron chi connectivity index (χ1n) is 6.44. The fourth-order valence-corrected chi connectivity index (χ4v) is 2.56. The highest BCUT2D eigenvalue weighted by atomic mass is 35.5. The van der Waals surface area contributed by atoms with Gasteiger partial charge in [0.2, 0.25) is 0 Å². The monoisotopic (exact) mass is 301 g/mol. The molecule has 0 aliphatic carbocycles. The van der Waals surface area contributed by atoms with Crippen molar-refractivity contribution in [3.8, 4) is 0 Å². The second-order valence-corrected chi connectivity index (χ2v) is 5.01. The van der Waals surface area contributed by atoms with Crippen molar-refractivity contribution in [2.75, 3.05) is 18.2 Å². The van der Waals surface area contributed by atoms with Crippen LogP contribution in [-0.2, 0) is 0 Å². The third kappa shape index (κ3) is 2.41. The van der Waals surface area contributed by atoms with Gasteiger partial charge in [0.25, 0.3) is 0 Å². The smallest absolute Gasteiger partial charge is 0.160 e. The summed E-state index contributed by atoms with van der Waals surface area (Å²) in [5.41, 5.74) is 0.722. The van der Waals surface area contributed by atoms with Crippen LogP contribution in [0.4, 0.5) is 5.82 Å². The van der Waals surface area contributed by atoms with Gasteiger partial charge in [-0.05, 0) is 23.6 Å². The van der Waals surface area contributed by atoms with E-state index in [1.54, 1.807) is 12.1 Å². The van der Waals surface area contributed by atoms with E-state index in [0.717, 1.165) is 26.7 Å². The zero-order valence-electron chi connectivity index (χ0n) is 11.0. The van der Waals surface area contributed by atoms with Crippen LogP contribution in [0.2, 0.25) is 5.02 Å². The van der Waals surface area contributed by atoms with E-state index < -0.39 is 0 Å². The van der Waals surface area contributed by atoms with E-state index in [4.69, 9.17) is 16.7 Å². The number of halogens is 1. The highest BCUT2D eigenvalue weighted by Crippen LogP contribution is 2.32. The van der Waals surface area contributed by atoms with Gasteiger partial charge >= 0.3 is 0 Å². The molecule has 106 valence electrons. The molecule has 0 atom stereocenters. The fourth-order valence-electron chi connectivity index (χ4n) is 2.39. The number of nitrogens with zero attached hydrogens (tertiary/aromatic N) is 3. The van der Waals surface area contributed by atoms with E-state index in [1.165, 1.54) is 0 Å². The number of aliphatic hydroxyl groups excluding tert-OH is 1. The third-order valence-corrected chi connectivity index (χ3v) is 3.53. The minimum Gasteiger partial charge on any atom is -0.394 e. The zero-order chi connectivity index (χ0) is 14.8. The molecule has 0 saturated carbocycles. The predicted octanol–water partition coefficient (Wildman–Crippen LogP) is 3.52. The summed E-state index contributed by atoms with van der Waals surface area (Å²) >= 11 is 6.06. The lowest BCUT2D eigenvalue weighted by molar-refractivity contribution is 0.302. The Bertz CT molecular complexity index is 822. The van der Waals surface area contributed by atoms with Gasteiger partial charge in [0.1, 0.15) is 0 Å². The lowest BCUT2D eigenvalue weighted by Crippen LogP contribution is -2.21. The summed E-state index contributed by atoms with van der Waals surface area (Å²) in [6.07, 6.45) is 0. The number of rotatable bonds is 4. The van der Waals surface area contributed by atoms with Gasteiger partial charge in [0.15, 0.2) is 5.82 Å². The van der Waals surface area contributed by atoms with Crippen molar-refractivity contribution < 1.29 is 5.11 Å². The summed E-state index contributed by atoms with van der Waals surface area (Å²) in [7, 11) is 0. The molecule has 0 saturated heterocycles. The number of benzene rings is 2. The van der Waals surface area contributed by atoms with Crippen molar-refractivity contribution in [2.45, 2.75) is 0 Å². The summed E-state index contributed by atoms with van der Waals surface area (Å²) in [6.45, 7) is -0.0833. The van der Waals surface area contributed by atoms with E-state index in [1.807, 2.05) is 30.3 Å². The average Bonchev–Trinajstić information content (AvgIpc) is 2.52. The molecule has 0 radical (unpaired) electrons. The molecule has 3 aromatic rings. The fraction of sp³-hybridized carbons (Fsp3) is 0.133. The number of aliphatic hydroxyl groups is 1. The molecular weight excluding hydrogens is 290 g/mol. The van der Waals surface area contributed by atoms with Crippen LogP contribution in [0.15, 0.2) is 47.8 Å². The standard InChI is InChI=1S/C15H12ClN3O2/c16-10-5-6-14-13(9-10)11-3-1-2-4-12(11)15(17-14)19(18-21)7-8-20/h1-6,9,20H,7-8H2. The van der Waals surface area contributed by atoms with Crippen LogP contribution in [-0.4, -0.2) is 23.2 Å². The number of fused-ring (bicyclic) bond motifs is 3. The van der Waals surface area contributed by atoms with Crippen molar-refractivity contribution in [1.82, 2.24) is 4.98 Å². The molecule has 5 nitrogen and oxygen atoms in total. The Labute approximate surface area is 125 Å². The maximum absolute atomic E-state index is 11.0. The first kappa shape index (κ1) is 13.7. The Morgan fingerprint density at radius 2 is 1.90 bits per heavy atom. The van der Waals surface area contributed by atoms with Crippen molar-refractivity contribution in [2.24, 2.45) is 5.29 Å². The lowest BCUT2D eigenvalue weighted by Gasteiger charge is -2.16. The zero-order valence-corrected chi connectivity index (χ0v) is 11.8. The molecule has 21 heavy (non-hydrogen) atoms. The SMILES string of the molecule is O=NN(CCO)c1nc2ccc(Cl)cc2c2ccccc12. The molecule has 1 N–H and O–H groups in total. The second kappa shape index (κ2) is 5.63. The van der Waals surface area contributed by atoms with Crippen LogP contribution in [0.1, 0.15) is 0 Å². The predicted molar refractivity (Wildman–Crippen MR) is 84.5 cm³/mol. The third-order valence-electron chi connectivity index (χ3n) is 3.30. The molecule has 0 bridgehead atoms. The number of hydrogen-bond donors (Lipinski definition) is 1. The molecule has 3 rings (SSSR count). The second-order valence-electron chi connectivity index (χ2n) is 4.57. The Kier molecular flexibility index (Phi) is 3.68. The topological polar surface area (TPSA) is 65.8 Å². The Morgan fingerprint density at radius 1 is 1.14 bits per heavy atom. The van der Waals surface area contributed by atoms with Gasteiger partial charge in [-0.25, -0.2) is 9.99 Å². The van der Waals surface area contributed by atoms with Crippen molar-refractivity contribution in [3.63, 3.8) is 0 Å². The van der Waals surface area contributed by atoms with Gasteiger partial charge in [-0.3, -0.25) is 0 Å². The summed E-state index contributed by atoms with van der Waals surface area (Å²) in [5, 5.41) is 16.5. The molecule has 0 spiro atoms. The maximum atomic E-state index is 11.0. The normalized spacial score (nSPS) is 11.0. The Morgan fingerprint density at radius 3 is 2.62 bits per heavy atom. The molecule has 0 aliphatic rings. The van der Waals surface area contributed by atoms with E-state index in [-0.39, 0.29) is 13.2 Å². The van der Waals surface area contributed by atoms with Crippen molar-refractivity contribution >= 4 is 39.1 Å². The lowest BCUT2D eigenvalue weighted by atomic mass is 10.1. The molecule has 6 heteroatoms. The average molecular weight is 302 g/mol. The van der Waals surface area contributed by atoms with Gasteiger partial charge in [0, 0.05) is 15.8 Å². The highest BCUT2D eigenvalue weighted by Gasteiger charge is 2.14. The highest BCUT2D eigenvalue weighted by molar-refractivity contribution is 6.31. The summed E-state index contributed by atoms with van der Waals surface area (Å²) in [6, 6.07) is 13.0. The quantitative estimate of drug-likeness (QED) is 0.455. The van der Waals surface area contributed by atoms with Gasteiger partial charge in [-0.15, -0.1) is 4.91 Å². The largest absolute Gasteiger partial charge is 0.394 e. The van der Waals surface area contributed by atoms with Crippen LogP contribution in [0.5, 0.6) is 0 Å². The van der Waals surface area contributed by atoms with Crippen LogP contribution in [0, 0.1) is 4.91 Å². The first-order chi connectivity index (χ1) is 10.2. The van der Waals surface area contributed by atoms with Crippen LogP contribution >= 0.6 is 11.6 Å². The molecule has 0 fully saturated rings. The van der Waals surface area contributed by atoms with Gasteiger partial charge in [-0.1, -0.05) is 35.9 Å². The van der Waals surface area contributed by atoms with Crippen LogP contribution in [0.3, 0.4) is 0 Å². The number of pyridine rings is 1. The Balaban J connectivity index is 2.37. The molecule has 0 amide bonds. The first-order valence-corrected chi connectivity index (χ1v) is 6.82. The number of nitroso groups, excluding NO2 is 1. The van der Waals surface area contributed by atoms with E-state index in [2.05, 4.69) is 10.3 Å². The van der Waals surface area contributed by atoms with Crippen molar-refractivity contribution in [3.05, 3.63) is 52.4 Å². The number of aromatic nitrogens is 1. The molecule has 0 aliphatic heterocycles. The maximum Gasteiger partial charge on any atom is 0.160 e. The number of anilines is 1. The summed E-state index contributed by atoms with van der Waals surface area (Å²) < 4.78 is 0. The van der Waals surface area contributed by atoms with Gasteiger partial charge < -0.3 is 5.11 Å². The van der Waals surface area contributed by atoms with Crippen LogP contribution < -0.4 is 5.01 Å². The number of hydrogen-bond acceptors (Lipinski definition) is 4. The molecule has 1 heterocycles. The molecule has 0 unspecified atom stereocenters. The van der Waals surface area contributed by atoms with Gasteiger partial charge in [-0.2, -0.15) is 0 Å². The van der Waals surface area contributed by atoms with E-state index in [9.17, 15) is 4.91 Å². The van der Waals surface area contributed by atoms with Crippen LogP contribution in [0.25, 0.3) is 21.7 Å². The summed E-state index contributed by atoms with van der Waals surface area (Å²) in [4.78, 5) is 15.5. The van der Waals surface area contributed by atoms with Gasteiger partial charge in [0.05, 0.1) is 24.0 Å². The molecular formula is C15H12ClN3O2. The molecule has 2 aromatic carbocycles. The minimum absolute atomic E-state index is 0.0968. The molecule has 1 aromatic heterocycles. The van der Waals surface area contributed by atoms with E-state index >= 15 is 0 Å². The van der Waals surface area contributed by atoms with E-state index in [0.29, 0.717) is 10.8 Å². The minimum atomic E-state index is -0.180. The Hall–Kier alpha value is -2.24. The summed E-state index contributed by atoms with van der Waals surface area (Å²) in [5.74, 6) is 0.435. The van der Waals surface area contributed by atoms with Crippen molar-refractivity contribution in [1.29, 1.82) is 0 Å².